The SMILES string of the molecule is CCCc1nnc(Cc2ccccc2-c2ccccc2)n1CC1CCCO1. The van der Waals surface area contributed by atoms with Gasteiger partial charge in [-0.3, -0.25) is 0 Å². The van der Waals surface area contributed by atoms with Gasteiger partial charge in [-0.1, -0.05) is 61.5 Å². The van der Waals surface area contributed by atoms with E-state index >= 15 is 0 Å². The Labute approximate surface area is 161 Å². The molecular weight excluding hydrogens is 334 g/mol. The summed E-state index contributed by atoms with van der Waals surface area (Å²) in [6.45, 7) is 3.93. The zero-order chi connectivity index (χ0) is 18.5. The summed E-state index contributed by atoms with van der Waals surface area (Å²) >= 11 is 0. The maximum Gasteiger partial charge on any atom is 0.137 e. The van der Waals surface area contributed by atoms with E-state index in [0.717, 1.165) is 56.9 Å². The summed E-state index contributed by atoms with van der Waals surface area (Å²) in [5.41, 5.74) is 3.79. The fourth-order valence-electron chi connectivity index (χ4n) is 3.86. The lowest BCUT2D eigenvalue weighted by molar-refractivity contribution is 0.0955. The number of rotatable bonds is 7. The predicted octanol–water partition coefficient (Wildman–Crippen LogP) is 4.67. The molecule has 0 aliphatic carbocycles. The second-order valence-electron chi connectivity index (χ2n) is 7.23. The molecule has 27 heavy (non-hydrogen) atoms. The number of nitrogens with zero attached hydrogens (tertiary/aromatic N) is 3. The molecule has 0 bridgehead atoms. The lowest BCUT2D eigenvalue weighted by Gasteiger charge is -2.16. The monoisotopic (exact) mass is 361 g/mol. The minimum atomic E-state index is 0.291. The molecule has 0 amide bonds. The van der Waals surface area contributed by atoms with Crippen molar-refractivity contribution in [2.45, 2.75) is 51.7 Å². The standard InChI is InChI=1S/C23H27N3O/c1-2-9-22-24-25-23(26(22)17-20-13-8-15-27-20)16-19-12-6-7-14-21(19)18-10-4-3-5-11-18/h3-7,10-12,14,20H,2,8-9,13,15-17H2,1H3. The summed E-state index contributed by atoms with van der Waals surface area (Å²) in [6, 6.07) is 19.2. The summed E-state index contributed by atoms with van der Waals surface area (Å²) in [5, 5.41) is 9.07. The Morgan fingerprint density at radius 2 is 1.78 bits per heavy atom. The molecule has 0 spiro atoms. The van der Waals surface area contributed by atoms with Gasteiger partial charge in [0.1, 0.15) is 11.6 Å². The van der Waals surface area contributed by atoms with Crippen molar-refractivity contribution in [1.29, 1.82) is 0 Å². The first-order valence-electron chi connectivity index (χ1n) is 10.0. The molecule has 1 fully saturated rings. The summed E-state index contributed by atoms with van der Waals surface area (Å²) in [5.74, 6) is 2.12. The molecule has 4 rings (SSSR count). The van der Waals surface area contributed by atoms with Crippen LogP contribution in [0.3, 0.4) is 0 Å². The Kier molecular flexibility index (Phi) is 5.64. The molecule has 1 aliphatic rings. The summed E-state index contributed by atoms with van der Waals surface area (Å²) in [4.78, 5) is 0. The maximum absolute atomic E-state index is 5.88. The molecule has 1 saturated heterocycles. The molecule has 0 N–H and O–H groups in total. The van der Waals surface area contributed by atoms with Crippen LogP contribution in [-0.4, -0.2) is 27.5 Å². The molecule has 3 aromatic rings. The van der Waals surface area contributed by atoms with Crippen molar-refractivity contribution < 1.29 is 4.74 Å². The Morgan fingerprint density at radius 1 is 1.00 bits per heavy atom. The first-order valence-corrected chi connectivity index (χ1v) is 10.0. The third-order valence-electron chi connectivity index (χ3n) is 5.24. The number of hydrogen-bond acceptors (Lipinski definition) is 3. The van der Waals surface area contributed by atoms with E-state index in [0.29, 0.717) is 6.10 Å². The first kappa shape index (κ1) is 17.9. The van der Waals surface area contributed by atoms with E-state index in [2.05, 4.69) is 76.3 Å². The van der Waals surface area contributed by atoms with Crippen molar-refractivity contribution in [1.82, 2.24) is 14.8 Å². The van der Waals surface area contributed by atoms with E-state index < -0.39 is 0 Å². The predicted molar refractivity (Wildman–Crippen MR) is 108 cm³/mol. The van der Waals surface area contributed by atoms with Crippen molar-refractivity contribution in [3.05, 3.63) is 71.8 Å². The Bertz CT molecular complexity index is 866. The highest BCUT2D eigenvalue weighted by molar-refractivity contribution is 5.67. The maximum atomic E-state index is 5.88. The zero-order valence-electron chi connectivity index (χ0n) is 16.0. The van der Waals surface area contributed by atoms with E-state index in [9.17, 15) is 0 Å². The van der Waals surface area contributed by atoms with Crippen LogP contribution < -0.4 is 0 Å². The van der Waals surface area contributed by atoms with E-state index in [4.69, 9.17) is 4.74 Å². The first-order chi connectivity index (χ1) is 13.3. The van der Waals surface area contributed by atoms with Gasteiger partial charge in [0, 0.05) is 19.4 Å². The molecule has 1 aromatic heterocycles. The largest absolute Gasteiger partial charge is 0.376 e. The second-order valence-corrected chi connectivity index (χ2v) is 7.23. The lowest BCUT2D eigenvalue weighted by Crippen LogP contribution is -2.19. The van der Waals surface area contributed by atoms with Crippen molar-refractivity contribution in [2.24, 2.45) is 0 Å². The lowest BCUT2D eigenvalue weighted by atomic mass is 9.97. The number of benzene rings is 2. The molecule has 1 unspecified atom stereocenters. The van der Waals surface area contributed by atoms with Gasteiger partial charge in [-0.15, -0.1) is 10.2 Å². The van der Waals surface area contributed by atoms with Crippen LogP contribution in [0.5, 0.6) is 0 Å². The molecule has 1 aliphatic heterocycles. The van der Waals surface area contributed by atoms with Crippen LogP contribution in [0.15, 0.2) is 54.6 Å². The summed E-state index contributed by atoms with van der Waals surface area (Å²) in [6.07, 6.45) is 5.39. The third-order valence-corrected chi connectivity index (χ3v) is 5.24. The van der Waals surface area contributed by atoms with Crippen LogP contribution in [0.2, 0.25) is 0 Å². The summed E-state index contributed by atoms with van der Waals surface area (Å²) < 4.78 is 8.19. The molecule has 140 valence electrons. The number of aromatic nitrogens is 3. The van der Waals surface area contributed by atoms with Crippen molar-refractivity contribution in [3.63, 3.8) is 0 Å². The molecule has 4 heteroatoms. The van der Waals surface area contributed by atoms with Crippen LogP contribution in [0.1, 0.15) is 43.4 Å². The van der Waals surface area contributed by atoms with Gasteiger partial charge in [0.05, 0.1) is 12.6 Å². The smallest absolute Gasteiger partial charge is 0.137 e. The van der Waals surface area contributed by atoms with E-state index in [1.807, 2.05) is 0 Å². The third kappa shape index (κ3) is 4.11. The number of hydrogen-bond donors (Lipinski definition) is 0. The molecule has 2 heterocycles. The number of ether oxygens (including phenoxy) is 1. The average Bonchev–Trinajstić information content (AvgIpc) is 3.35. The van der Waals surface area contributed by atoms with E-state index in [1.54, 1.807) is 0 Å². The van der Waals surface area contributed by atoms with Gasteiger partial charge in [0.25, 0.3) is 0 Å². The molecular formula is C23H27N3O. The Balaban J connectivity index is 1.65. The van der Waals surface area contributed by atoms with Crippen LogP contribution in [0.4, 0.5) is 0 Å². The second kappa shape index (κ2) is 8.49. The average molecular weight is 361 g/mol. The molecule has 0 radical (unpaired) electrons. The van der Waals surface area contributed by atoms with Gasteiger partial charge in [0.15, 0.2) is 0 Å². The topological polar surface area (TPSA) is 39.9 Å². The molecule has 2 aromatic carbocycles. The Morgan fingerprint density at radius 3 is 2.56 bits per heavy atom. The Hall–Kier alpha value is -2.46. The highest BCUT2D eigenvalue weighted by Crippen LogP contribution is 2.26. The quantitative estimate of drug-likeness (QED) is 0.614. The zero-order valence-corrected chi connectivity index (χ0v) is 16.0. The molecule has 4 nitrogen and oxygen atoms in total. The fourth-order valence-corrected chi connectivity index (χ4v) is 3.86. The van der Waals surface area contributed by atoms with Crippen molar-refractivity contribution >= 4 is 0 Å². The van der Waals surface area contributed by atoms with E-state index in [-0.39, 0.29) is 0 Å². The van der Waals surface area contributed by atoms with Crippen molar-refractivity contribution in [2.75, 3.05) is 6.61 Å². The normalized spacial score (nSPS) is 16.7. The van der Waals surface area contributed by atoms with Gasteiger partial charge < -0.3 is 9.30 Å². The van der Waals surface area contributed by atoms with Crippen LogP contribution in [0.25, 0.3) is 11.1 Å². The van der Waals surface area contributed by atoms with Crippen LogP contribution in [0, 0.1) is 0 Å². The minimum Gasteiger partial charge on any atom is -0.376 e. The van der Waals surface area contributed by atoms with Crippen LogP contribution >= 0.6 is 0 Å². The van der Waals surface area contributed by atoms with Gasteiger partial charge in [-0.25, -0.2) is 0 Å². The van der Waals surface area contributed by atoms with Gasteiger partial charge >= 0.3 is 0 Å². The van der Waals surface area contributed by atoms with Gasteiger partial charge in [-0.2, -0.15) is 0 Å². The molecule has 0 saturated carbocycles. The molecule has 1 atom stereocenters. The van der Waals surface area contributed by atoms with E-state index in [1.165, 1.54) is 16.7 Å². The van der Waals surface area contributed by atoms with Crippen LogP contribution in [-0.2, 0) is 24.1 Å². The summed E-state index contributed by atoms with van der Waals surface area (Å²) in [7, 11) is 0. The number of aryl methyl sites for hydroxylation is 1. The highest BCUT2D eigenvalue weighted by Gasteiger charge is 2.21. The van der Waals surface area contributed by atoms with Crippen molar-refractivity contribution in [3.8, 4) is 11.1 Å². The minimum absolute atomic E-state index is 0.291. The fraction of sp³-hybridized carbons (Fsp3) is 0.391. The van der Waals surface area contributed by atoms with Gasteiger partial charge in [0.2, 0.25) is 0 Å². The highest BCUT2D eigenvalue weighted by atomic mass is 16.5. The van der Waals surface area contributed by atoms with Gasteiger partial charge in [-0.05, 0) is 36.0 Å².